The van der Waals surface area contributed by atoms with Gasteiger partial charge in [-0.25, -0.2) is 8.42 Å². The molecule has 0 atom stereocenters. The highest BCUT2D eigenvalue weighted by atomic mass is 32.2. The molecule has 0 unspecified atom stereocenters. The number of nitrogens with one attached hydrogen (secondary N) is 2. The number of sulfonamides is 1. The van der Waals surface area contributed by atoms with Crippen molar-refractivity contribution in [3.63, 3.8) is 0 Å². The van der Waals surface area contributed by atoms with Crippen LogP contribution in [0.2, 0.25) is 0 Å². The van der Waals surface area contributed by atoms with Crippen molar-refractivity contribution >= 4 is 15.8 Å². The Kier molecular flexibility index (Phi) is 2.72. The third-order valence-electron chi connectivity index (χ3n) is 2.03. The van der Waals surface area contributed by atoms with Crippen LogP contribution < -0.4 is 10.2 Å². The Labute approximate surface area is 97.2 Å². The second kappa shape index (κ2) is 4.06. The minimum absolute atomic E-state index is 0.163. The van der Waals surface area contributed by atoms with Crippen LogP contribution in [0.1, 0.15) is 0 Å². The number of anilines is 1. The van der Waals surface area contributed by atoms with Crippen LogP contribution in [0.5, 0.6) is 0 Å². The molecule has 0 aliphatic heterocycles. The van der Waals surface area contributed by atoms with E-state index in [1.807, 2.05) is 0 Å². The maximum absolute atomic E-state index is 11.9. The number of H-pyrrole nitrogens is 1. The lowest BCUT2D eigenvalue weighted by atomic mass is 10.5. The van der Waals surface area contributed by atoms with Crippen LogP contribution in [-0.4, -0.2) is 23.2 Å². The minimum atomic E-state index is -3.90. The van der Waals surface area contributed by atoms with Crippen LogP contribution in [0.15, 0.2) is 40.4 Å². The number of aromatic amines is 1. The van der Waals surface area contributed by atoms with Crippen LogP contribution in [-0.2, 0) is 17.1 Å². The zero-order chi connectivity index (χ0) is 12.5. The SMILES string of the molecule is Cn1ccc(NS(=O)(=O)c2c[nH]ccc2=O)n1. The molecular weight excluding hydrogens is 244 g/mol. The topological polar surface area (TPSA) is 96.9 Å². The molecule has 90 valence electrons. The maximum atomic E-state index is 11.9. The predicted molar refractivity (Wildman–Crippen MR) is 61.1 cm³/mol. The molecule has 0 aliphatic rings. The molecule has 2 rings (SSSR count). The molecule has 8 heteroatoms. The number of hydrogen-bond acceptors (Lipinski definition) is 4. The van der Waals surface area contributed by atoms with Gasteiger partial charge in [0.25, 0.3) is 10.0 Å². The molecule has 0 spiro atoms. The molecule has 7 nitrogen and oxygen atoms in total. The largest absolute Gasteiger partial charge is 0.366 e. The molecule has 0 bridgehead atoms. The van der Waals surface area contributed by atoms with Crippen molar-refractivity contribution in [3.8, 4) is 0 Å². The third kappa shape index (κ3) is 2.36. The Balaban J connectivity index is 2.38. The quantitative estimate of drug-likeness (QED) is 0.799. The van der Waals surface area contributed by atoms with Gasteiger partial charge in [-0.05, 0) is 0 Å². The Morgan fingerprint density at radius 3 is 2.76 bits per heavy atom. The van der Waals surface area contributed by atoms with Gasteiger partial charge < -0.3 is 4.98 Å². The molecule has 17 heavy (non-hydrogen) atoms. The fourth-order valence-electron chi connectivity index (χ4n) is 1.27. The zero-order valence-corrected chi connectivity index (χ0v) is 9.73. The molecule has 0 aromatic carbocycles. The summed E-state index contributed by atoms with van der Waals surface area (Å²) < 4.78 is 27.4. The summed E-state index contributed by atoms with van der Waals surface area (Å²) in [5.74, 6) is 0.163. The molecule has 0 aliphatic carbocycles. The summed E-state index contributed by atoms with van der Waals surface area (Å²) in [6.07, 6.45) is 4.09. The van der Waals surface area contributed by atoms with Gasteiger partial charge in [-0.3, -0.25) is 14.2 Å². The first kappa shape index (κ1) is 11.4. The average Bonchev–Trinajstić information content (AvgIpc) is 2.63. The van der Waals surface area contributed by atoms with E-state index in [0.717, 1.165) is 12.3 Å². The summed E-state index contributed by atoms with van der Waals surface area (Å²) in [5.41, 5.74) is -0.577. The lowest BCUT2D eigenvalue weighted by molar-refractivity contribution is 0.599. The van der Waals surface area contributed by atoms with E-state index in [-0.39, 0.29) is 10.7 Å². The van der Waals surface area contributed by atoms with Gasteiger partial charge in [0.2, 0.25) is 5.43 Å². The van der Waals surface area contributed by atoms with Gasteiger partial charge >= 0.3 is 0 Å². The number of rotatable bonds is 3. The van der Waals surface area contributed by atoms with E-state index in [0.29, 0.717) is 0 Å². The van der Waals surface area contributed by atoms with E-state index in [9.17, 15) is 13.2 Å². The van der Waals surface area contributed by atoms with Crippen molar-refractivity contribution in [2.75, 3.05) is 4.72 Å². The molecule has 0 amide bonds. The highest BCUT2D eigenvalue weighted by Gasteiger charge is 2.18. The summed E-state index contributed by atoms with van der Waals surface area (Å²) in [7, 11) is -2.24. The molecule has 0 radical (unpaired) electrons. The molecule has 0 fully saturated rings. The minimum Gasteiger partial charge on any atom is -0.366 e. The van der Waals surface area contributed by atoms with Gasteiger partial charge in [0.05, 0.1) is 0 Å². The molecule has 2 N–H and O–H groups in total. The number of aromatic nitrogens is 3. The number of nitrogens with zero attached hydrogens (tertiary/aromatic N) is 2. The van der Waals surface area contributed by atoms with Gasteiger partial charge in [-0.1, -0.05) is 0 Å². The van der Waals surface area contributed by atoms with Crippen LogP contribution in [0.25, 0.3) is 0 Å². The number of aryl methyl sites for hydroxylation is 1. The van der Waals surface area contributed by atoms with Crippen molar-refractivity contribution in [3.05, 3.63) is 40.9 Å². The standard InChI is InChI=1S/C9H10N4O3S/c1-13-5-3-9(11-13)12-17(15,16)8-6-10-4-2-7(8)14/h2-6H,1H3,(H,10,14)(H,11,12). The van der Waals surface area contributed by atoms with Crippen LogP contribution in [0, 0.1) is 0 Å². The van der Waals surface area contributed by atoms with E-state index in [1.54, 1.807) is 13.2 Å². The monoisotopic (exact) mass is 254 g/mol. The summed E-state index contributed by atoms with van der Waals surface area (Å²) >= 11 is 0. The number of pyridine rings is 1. The fraction of sp³-hybridized carbons (Fsp3) is 0.111. The summed E-state index contributed by atoms with van der Waals surface area (Å²) in [4.78, 5) is 13.6. The van der Waals surface area contributed by atoms with E-state index in [2.05, 4.69) is 14.8 Å². The van der Waals surface area contributed by atoms with Gasteiger partial charge in [-0.2, -0.15) is 5.10 Å². The fourth-order valence-corrected chi connectivity index (χ4v) is 2.32. The smallest absolute Gasteiger partial charge is 0.268 e. The van der Waals surface area contributed by atoms with Crippen LogP contribution >= 0.6 is 0 Å². The summed E-state index contributed by atoms with van der Waals surface area (Å²) in [6, 6.07) is 2.64. The second-order valence-corrected chi connectivity index (χ2v) is 5.00. The van der Waals surface area contributed by atoms with Crippen molar-refractivity contribution < 1.29 is 8.42 Å². The summed E-state index contributed by atoms with van der Waals surface area (Å²) in [5, 5.41) is 3.87. The predicted octanol–water partition coefficient (Wildman–Crippen LogP) is -0.0908. The normalized spacial score (nSPS) is 11.4. The Morgan fingerprint density at radius 2 is 2.18 bits per heavy atom. The first-order valence-electron chi connectivity index (χ1n) is 4.68. The zero-order valence-electron chi connectivity index (χ0n) is 8.91. The van der Waals surface area contributed by atoms with Crippen molar-refractivity contribution in [2.24, 2.45) is 7.05 Å². The van der Waals surface area contributed by atoms with Gasteiger partial charge in [0.15, 0.2) is 10.7 Å². The van der Waals surface area contributed by atoms with Crippen molar-refractivity contribution in [2.45, 2.75) is 4.90 Å². The van der Waals surface area contributed by atoms with Crippen molar-refractivity contribution in [1.82, 2.24) is 14.8 Å². The van der Waals surface area contributed by atoms with Crippen LogP contribution in [0.3, 0.4) is 0 Å². The highest BCUT2D eigenvalue weighted by molar-refractivity contribution is 7.92. The lowest BCUT2D eigenvalue weighted by Crippen LogP contribution is -2.21. The Morgan fingerprint density at radius 1 is 1.41 bits per heavy atom. The molecule has 2 aromatic heterocycles. The molecular formula is C9H10N4O3S. The molecule has 2 aromatic rings. The van der Waals surface area contributed by atoms with Crippen molar-refractivity contribution in [1.29, 1.82) is 0 Å². The molecule has 0 saturated heterocycles. The van der Waals surface area contributed by atoms with Gasteiger partial charge in [0.1, 0.15) is 0 Å². The number of hydrogen-bond donors (Lipinski definition) is 2. The third-order valence-corrected chi connectivity index (χ3v) is 3.41. The van der Waals surface area contributed by atoms with E-state index < -0.39 is 15.5 Å². The first-order chi connectivity index (χ1) is 7.99. The highest BCUT2D eigenvalue weighted by Crippen LogP contribution is 2.09. The summed E-state index contributed by atoms with van der Waals surface area (Å²) in [6.45, 7) is 0. The second-order valence-electron chi connectivity index (χ2n) is 3.35. The van der Waals surface area contributed by atoms with E-state index >= 15 is 0 Å². The first-order valence-corrected chi connectivity index (χ1v) is 6.17. The van der Waals surface area contributed by atoms with Crippen LogP contribution in [0.4, 0.5) is 5.82 Å². The molecule has 0 saturated carbocycles. The maximum Gasteiger partial charge on any atom is 0.268 e. The van der Waals surface area contributed by atoms with E-state index in [1.165, 1.54) is 16.9 Å². The average molecular weight is 254 g/mol. The Bertz CT molecular complexity index is 686. The molecule has 2 heterocycles. The van der Waals surface area contributed by atoms with Gasteiger partial charge in [0, 0.05) is 37.8 Å². The Hall–Kier alpha value is -2.09. The lowest BCUT2D eigenvalue weighted by Gasteiger charge is -2.03. The van der Waals surface area contributed by atoms with Gasteiger partial charge in [-0.15, -0.1) is 0 Å². The van der Waals surface area contributed by atoms with E-state index in [4.69, 9.17) is 0 Å².